The van der Waals surface area contributed by atoms with Gasteiger partial charge in [0.25, 0.3) is 0 Å². The summed E-state index contributed by atoms with van der Waals surface area (Å²) in [6, 6.07) is 29.2. The molecule has 289 valence electrons. The summed E-state index contributed by atoms with van der Waals surface area (Å²) in [5, 5.41) is 13.5. The Hall–Kier alpha value is -4.38. The number of furan rings is 1. The Balaban J connectivity index is 0.000000276. The van der Waals surface area contributed by atoms with Crippen molar-refractivity contribution in [3.63, 3.8) is 0 Å². The number of carbonyl (C=O) groups excluding carboxylic acids is 1. The van der Waals surface area contributed by atoms with E-state index >= 15 is 0 Å². The summed E-state index contributed by atoms with van der Waals surface area (Å²) in [5.41, 5.74) is 9.22. The van der Waals surface area contributed by atoms with Crippen LogP contribution in [0.5, 0.6) is 0 Å². The van der Waals surface area contributed by atoms with Crippen LogP contribution in [-0.2, 0) is 44.2 Å². The topological polar surface area (TPSA) is 76.2 Å². The van der Waals surface area contributed by atoms with Gasteiger partial charge in [-0.25, -0.2) is 0 Å². The number of ketones is 1. The summed E-state index contributed by atoms with van der Waals surface area (Å²) in [6.07, 6.45) is 11.6. The number of benzene rings is 3. The van der Waals surface area contributed by atoms with Gasteiger partial charge in [-0.3, -0.25) is 14.8 Å². The van der Waals surface area contributed by atoms with Crippen LogP contribution in [0.3, 0.4) is 0 Å². The van der Waals surface area contributed by atoms with Gasteiger partial charge in [0.1, 0.15) is 17.1 Å². The molecule has 3 aromatic carbocycles. The van der Waals surface area contributed by atoms with Gasteiger partial charge in [-0.05, 0) is 74.1 Å². The summed E-state index contributed by atoms with van der Waals surface area (Å²) in [6.45, 7) is 16.6. The fourth-order valence-electron chi connectivity index (χ4n) is 7.38. The van der Waals surface area contributed by atoms with Crippen LogP contribution in [0.2, 0.25) is 0 Å². The number of hydrogen-bond donors (Lipinski definition) is 1. The van der Waals surface area contributed by atoms with E-state index in [0.717, 1.165) is 89.6 Å². The van der Waals surface area contributed by atoms with E-state index in [1.54, 1.807) is 0 Å². The maximum atomic E-state index is 12.2. The zero-order valence-electron chi connectivity index (χ0n) is 33.7. The Morgan fingerprint density at radius 1 is 0.855 bits per heavy atom. The minimum Gasteiger partial charge on any atom is -0.512 e. The Morgan fingerprint density at radius 2 is 1.53 bits per heavy atom. The SMILES string of the molecule is CC(C)Cc1cc2c(cn1)-c1oc3c(-c4[c-]c5ccccc5c(-c5ccccc5)c4)nccc3c1CC2.CCC(C)(CC)C(=O)/C=C(\O)C(C)(CC)CC.[Ir]. The third kappa shape index (κ3) is 8.56. The minimum atomic E-state index is -0.337. The zero-order valence-corrected chi connectivity index (χ0v) is 36.1. The average Bonchev–Trinajstić information content (AvgIpc) is 3.59. The maximum absolute atomic E-state index is 12.2. The third-order valence-electron chi connectivity index (χ3n) is 12.0. The number of aryl methyl sites for hydroxylation is 2. The molecule has 0 saturated heterocycles. The smallest absolute Gasteiger partial charge is 0.164 e. The fourth-order valence-corrected chi connectivity index (χ4v) is 7.38. The first kappa shape index (κ1) is 41.8. The number of pyridine rings is 2. The van der Waals surface area contributed by atoms with Crippen LogP contribution < -0.4 is 0 Å². The Labute approximate surface area is 341 Å². The number of nitrogens with zero attached hydrogens (tertiary/aromatic N) is 2. The predicted octanol–water partition coefficient (Wildman–Crippen LogP) is 13.1. The quantitative estimate of drug-likeness (QED) is 0.0796. The molecule has 0 atom stereocenters. The summed E-state index contributed by atoms with van der Waals surface area (Å²) in [5.74, 6) is 1.82. The average molecular weight is 912 g/mol. The molecular weight excluding hydrogens is 857 g/mol. The van der Waals surface area contributed by atoms with Crippen LogP contribution in [0.15, 0.2) is 101 Å². The van der Waals surface area contributed by atoms with Crippen LogP contribution in [-0.4, -0.2) is 20.9 Å². The van der Waals surface area contributed by atoms with Crippen molar-refractivity contribution in [1.82, 2.24) is 9.97 Å². The van der Waals surface area contributed by atoms with E-state index in [1.807, 2.05) is 53.9 Å². The summed E-state index contributed by atoms with van der Waals surface area (Å²) in [4.78, 5) is 21.8. The Bertz CT molecular complexity index is 2290. The number of aliphatic hydroxyl groups excluding tert-OH is 1. The van der Waals surface area contributed by atoms with Gasteiger partial charge in [-0.15, -0.1) is 23.6 Å². The standard InChI is InChI=1S/C34H27N2O.C15H28O2.Ir/c1-21(2)16-26-18-24-12-13-28-29-14-15-35-32(34(29)37-33(28)31(24)20-36-26)25-17-23-10-6-7-11-27(23)30(19-25)22-8-4-3-5-9-22;1-7-14(5,8-2)12(16)11-13(17)15(6,9-3)10-4;/h3-11,14-15,18-21H,12-13,16H2,1-2H3;11,16H,7-10H2,1-6H3;/q-1;;/b;12-11-;. The second kappa shape index (κ2) is 17.6. The van der Waals surface area contributed by atoms with Crippen molar-refractivity contribution in [3.8, 4) is 33.7 Å². The Kier molecular flexibility index (Phi) is 13.4. The first-order valence-electron chi connectivity index (χ1n) is 19.8. The van der Waals surface area contributed by atoms with E-state index in [-0.39, 0.29) is 42.5 Å². The maximum Gasteiger partial charge on any atom is 0.164 e. The third-order valence-corrected chi connectivity index (χ3v) is 12.0. The molecule has 0 amide bonds. The van der Waals surface area contributed by atoms with Gasteiger partial charge in [-0.1, -0.05) is 120 Å². The largest absolute Gasteiger partial charge is 0.512 e. The summed E-state index contributed by atoms with van der Waals surface area (Å²) >= 11 is 0. The number of hydrogen-bond acceptors (Lipinski definition) is 5. The molecule has 0 spiro atoms. The van der Waals surface area contributed by atoms with Crippen LogP contribution >= 0.6 is 0 Å². The molecule has 6 heteroatoms. The van der Waals surface area contributed by atoms with Gasteiger partial charge in [-0.2, -0.15) is 0 Å². The molecule has 0 unspecified atom stereocenters. The number of rotatable bonds is 11. The number of aromatic nitrogens is 2. The Morgan fingerprint density at radius 3 is 2.20 bits per heavy atom. The number of carbonyl (C=O) groups is 1. The molecular formula is C49H55IrN2O3-. The molecule has 1 aliphatic carbocycles. The van der Waals surface area contributed by atoms with Crippen molar-refractivity contribution in [1.29, 1.82) is 0 Å². The molecule has 3 aromatic heterocycles. The van der Waals surface area contributed by atoms with E-state index in [2.05, 4.69) is 92.7 Å². The minimum absolute atomic E-state index is 0. The molecule has 1 N–H and O–H groups in total. The zero-order chi connectivity index (χ0) is 38.6. The fraction of sp³-hybridized carbons (Fsp3) is 0.367. The van der Waals surface area contributed by atoms with E-state index in [0.29, 0.717) is 5.92 Å². The molecule has 0 aliphatic heterocycles. The molecule has 5 nitrogen and oxygen atoms in total. The molecule has 6 aromatic rings. The molecule has 55 heavy (non-hydrogen) atoms. The molecule has 0 saturated carbocycles. The number of allylic oxidation sites excluding steroid dienone is 2. The van der Waals surface area contributed by atoms with Crippen LogP contribution in [0.25, 0.3) is 55.4 Å². The molecule has 1 aliphatic rings. The van der Waals surface area contributed by atoms with E-state index in [1.165, 1.54) is 33.7 Å². The number of aliphatic hydroxyl groups is 1. The summed E-state index contributed by atoms with van der Waals surface area (Å²) in [7, 11) is 0. The summed E-state index contributed by atoms with van der Waals surface area (Å²) < 4.78 is 6.66. The van der Waals surface area contributed by atoms with E-state index < -0.39 is 0 Å². The van der Waals surface area contributed by atoms with E-state index in [4.69, 9.17) is 14.4 Å². The van der Waals surface area contributed by atoms with Gasteiger partial charge >= 0.3 is 0 Å². The van der Waals surface area contributed by atoms with Crippen LogP contribution in [0.1, 0.15) is 97.9 Å². The monoisotopic (exact) mass is 912 g/mol. The van der Waals surface area contributed by atoms with Crippen molar-refractivity contribution in [2.24, 2.45) is 16.7 Å². The van der Waals surface area contributed by atoms with Crippen LogP contribution in [0.4, 0.5) is 0 Å². The van der Waals surface area contributed by atoms with E-state index in [9.17, 15) is 9.90 Å². The van der Waals surface area contributed by atoms with Gasteiger partial charge < -0.3 is 9.52 Å². The van der Waals surface area contributed by atoms with Crippen molar-refractivity contribution in [3.05, 3.63) is 120 Å². The van der Waals surface area contributed by atoms with Crippen molar-refractivity contribution < 1.29 is 34.4 Å². The first-order valence-corrected chi connectivity index (χ1v) is 19.8. The van der Waals surface area contributed by atoms with Crippen molar-refractivity contribution >= 4 is 27.5 Å². The normalized spacial score (nSPS) is 12.9. The predicted molar refractivity (Wildman–Crippen MR) is 224 cm³/mol. The molecule has 3 heterocycles. The second-order valence-corrected chi connectivity index (χ2v) is 15.8. The molecule has 7 rings (SSSR count). The molecule has 0 fully saturated rings. The molecule has 0 bridgehead atoms. The van der Waals surface area contributed by atoms with Gasteiger partial charge in [0.2, 0.25) is 0 Å². The van der Waals surface area contributed by atoms with Gasteiger partial charge in [0, 0.05) is 77.3 Å². The molecule has 1 radical (unpaired) electrons. The first-order chi connectivity index (χ1) is 25.9. The second-order valence-electron chi connectivity index (χ2n) is 15.8. The van der Waals surface area contributed by atoms with Crippen LogP contribution in [0, 0.1) is 22.8 Å². The van der Waals surface area contributed by atoms with Crippen molar-refractivity contribution in [2.45, 2.75) is 100 Å². The van der Waals surface area contributed by atoms with Crippen molar-refractivity contribution in [2.75, 3.05) is 0 Å². The van der Waals surface area contributed by atoms with Gasteiger partial charge in [0.15, 0.2) is 5.78 Å². The van der Waals surface area contributed by atoms with Gasteiger partial charge in [0.05, 0.1) is 0 Å². The number of fused-ring (bicyclic) bond motifs is 6.